The van der Waals surface area contributed by atoms with Crippen LogP contribution in [-0.2, 0) is 0 Å². The first-order valence-electron chi connectivity index (χ1n) is 19.3. The van der Waals surface area contributed by atoms with Crippen LogP contribution in [0.3, 0.4) is 0 Å². The number of hydrogen-bond acceptors (Lipinski definition) is 5. The molecule has 0 atom stereocenters. The molecule has 58 heavy (non-hydrogen) atoms. The van der Waals surface area contributed by atoms with Crippen LogP contribution in [0, 0.1) is 0 Å². The van der Waals surface area contributed by atoms with Gasteiger partial charge in [0.25, 0.3) is 0 Å². The van der Waals surface area contributed by atoms with Crippen molar-refractivity contribution in [3.63, 3.8) is 0 Å². The molecule has 11 aromatic rings. The fraction of sp³-hybridized carbons (Fsp3) is 0. The summed E-state index contributed by atoms with van der Waals surface area (Å²) < 4.78 is 3.42. The summed E-state index contributed by atoms with van der Waals surface area (Å²) in [5.74, 6) is 1.85. The van der Waals surface area contributed by atoms with Crippen LogP contribution in [0.15, 0.2) is 200 Å². The van der Waals surface area contributed by atoms with Crippen molar-refractivity contribution >= 4 is 43.4 Å². The average Bonchev–Trinajstić information content (AvgIpc) is 3.89. The summed E-state index contributed by atoms with van der Waals surface area (Å²) in [5, 5.41) is 3.22. The van der Waals surface area contributed by atoms with Gasteiger partial charge in [-0.3, -0.25) is 0 Å². The zero-order chi connectivity index (χ0) is 38.4. The molecule has 0 aliphatic heterocycles. The molecule has 0 saturated carbocycles. The first-order valence-corrected chi connectivity index (χ1v) is 20.1. The van der Waals surface area contributed by atoms with Gasteiger partial charge in [-0.2, -0.15) is 0 Å². The lowest BCUT2D eigenvalue weighted by Gasteiger charge is -2.10. The number of aromatic nitrogens is 5. The summed E-state index contributed by atoms with van der Waals surface area (Å²) in [5.41, 5.74) is 12.8. The number of hydrogen-bond donors (Lipinski definition) is 0. The minimum Gasteiger partial charge on any atom is -0.309 e. The molecular weight excluding hydrogens is 727 g/mol. The number of nitrogens with zero attached hydrogens (tertiary/aromatic N) is 5. The van der Waals surface area contributed by atoms with Crippen LogP contribution in [0.2, 0.25) is 0 Å². The Hall–Kier alpha value is -7.54. The second-order valence-electron chi connectivity index (χ2n) is 14.3. The molecule has 11 rings (SSSR count). The van der Waals surface area contributed by atoms with Crippen molar-refractivity contribution in [1.82, 2.24) is 24.5 Å². The Kier molecular flexibility index (Phi) is 8.26. The Morgan fingerprint density at radius 2 is 0.914 bits per heavy atom. The zero-order valence-corrected chi connectivity index (χ0v) is 32.0. The summed E-state index contributed by atoms with van der Waals surface area (Å²) in [7, 11) is 0. The van der Waals surface area contributed by atoms with Crippen molar-refractivity contribution in [2.24, 2.45) is 0 Å². The minimum absolute atomic E-state index is 0.602. The van der Waals surface area contributed by atoms with Crippen LogP contribution >= 0.6 is 11.3 Å². The quantitative estimate of drug-likeness (QED) is 0.162. The van der Waals surface area contributed by atoms with Crippen molar-refractivity contribution in [2.45, 2.75) is 0 Å². The van der Waals surface area contributed by atoms with E-state index in [0.717, 1.165) is 70.5 Å². The van der Waals surface area contributed by atoms with Crippen LogP contribution in [0.4, 0.5) is 0 Å². The molecule has 0 radical (unpaired) electrons. The minimum atomic E-state index is 0.602. The third-order valence-electron chi connectivity index (χ3n) is 10.7. The van der Waals surface area contributed by atoms with Gasteiger partial charge >= 0.3 is 0 Å². The maximum atomic E-state index is 5.22. The van der Waals surface area contributed by atoms with Gasteiger partial charge in [0.1, 0.15) is 5.01 Å². The van der Waals surface area contributed by atoms with Gasteiger partial charge in [-0.25, -0.2) is 19.9 Å². The molecule has 272 valence electrons. The fourth-order valence-corrected chi connectivity index (χ4v) is 8.85. The number of para-hydroxylation sites is 2. The molecule has 3 aromatic heterocycles. The Balaban J connectivity index is 1.00. The highest BCUT2D eigenvalue weighted by Crippen LogP contribution is 2.39. The monoisotopic (exact) mass is 759 g/mol. The van der Waals surface area contributed by atoms with E-state index in [-0.39, 0.29) is 0 Å². The molecule has 0 fully saturated rings. The molecule has 0 amide bonds. The van der Waals surface area contributed by atoms with Gasteiger partial charge in [0.15, 0.2) is 17.5 Å². The smallest absolute Gasteiger partial charge is 0.164 e. The largest absolute Gasteiger partial charge is 0.309 e. The lowest BCUT2D eigenvalue weighted by molar-refractivity contribution is 1.08. The molecule has 5 nitrogen and oxygen atoms in total. The van der Waals surface area contributed by atoms with Crippen molar-refractivity contribution in [3.8, 4) is 72.7 Å². The number of rotatable bonds is 7. The molecule has 8 aromatic carbocycles. The van der Waals surface area contributed by atoms with E-state index in [9.17, 15) is 0 Å². The van der Waals surface area contributed by atoms with E-state index in [1.807, 2.05) is 36.4 Å². The molecule has 0 spiro atoms. The Labute approximate surface area is 339 Å². The van der Waals surface area contributed by atoms with Gasteiger partial charge < -0.3 is 4.57 Å². The molecule has 0 aliphatic rings. The second-order valence-corrected chi connectivity index (χ2v) is 15.3. The van der Waals surface area contributed by atoms with Gasteiger partial charge in [0.05, 0.1) is 21.3 Å². The number of fused-ring (bicyclic) bond motifs is 4. The summed E-state index contributed by atoms with van der Waals surface area (Å²) in [6.07, 6.45) is 0. The molecule has 0 bridgehead atoms. The van der Waals surface area contributed by atoms with Crippen molar-refractivity contribution in [3.05, 3.63) is 200 Å². The highest BCUT2D eigenvalue weighted by molar-refractivity contribution is 7.21. The zero-order valence-electron chi connectivity index (χ0n) is 31.2. The molecule has 3 heterocycles. The Bertz CT molecular complexity index is 3260. The summed E-state index contributed by atoms with van der Waals surface area (Å²) in [6.45, 7) is 0. The normalized spacial score (nSPS) is 11.4. The lowest BCUT2D eigenvalue weighted by atomic mass is 9.99. The van der Waals surface area contributed by atoms with E-state index in [4.69, 9.17) is 19.9 Å². The number of thiazole rings is 1. The van der Waals surface area contributed by atoms with Crippen molar-refractivity contribution < 1.29 is 0 Å². The highest BCUT2D eigenvalue weighted by atomic mass is 32.1. The number of benzene rings is 8. The first kappa shape index (κ1) is 33.8. The van der Waals surface area contributed by atoms with Gasteiger partial charge in [-0.1, -0.05) is 152 Å². The summed E-state index contributed by atoms with van der Waals surface area (Å²) in [4.78, 5) is 20.6. The molecular formula is C52H33N5S. The standard InChI is InChI=1S/C52H33N5S/c1-4-14-34(15-5-1)35-26-28-36(29-27-35)38-18-12-19-40(32-38)52-53-44-33-39(30-31-47(44)58-52)50-54-49(37-16-6-2-7-17-37)55-51(56-50)43-23-13-25-46-48(43)42-22-10-11-24-45(42)57(46)41-20-8-3-9-21-41/h1-33H. The molecule has 0 unspecified atom stereocenters. The van der Waals surface area contributed by atoms with Crippen molar-refractivity contribution in [1.29, 1.82) is 0 Å². The topological polar surface area (TPSA) is 56.5 Å². The molecule has 0 aliphatic carbocycles. The van der Waals surface area contributed by atoms with E-state index in [1.54, 1.807) is 11.3 Å². The summed E-state index contributed by atoms with van der Waals surface area (Å²) in [6, 6.07) is 69.8. The van der Waals surface area contributed by atoms with Crippen LogP contribution in [0.1, 0.15) is 0 Å². The van der Waals surface area contributed by atoms with Crippen molar-refractivity contribution in [2.75, 3.05) is 0 Å². The third kappa shape index (κ3) is 6.04. The van der Waals surface area contributed by atoms with E-state index >= 15 is 0 Å². The Morgan fingerprint density at radius 1 is 0.362 bits per heavy atom. The van der Waals surface area contributed by atoms with Gasteiger partial charge in [0.2, 0.25) is 0 Å². The second kappa shape index (κ2) is 14.2. The van der Waals surface area contributed by atoms with E-state index in [0.29, 0.717) is 17.5 Å². The van der Waals surface area contributed by atoms with Gasteiger partial charge in [-0.15, -0.1) is 11.3 Å². The highest BCUT2D eigenvalue weighted by Gasteiger charge is 2.20. The van der Waals surface area contributed by atoms with E-state index < -0.39 is 0 Å². The van der Waals surface area contributed by atoms with Gasteiger partial charge in [-0.05, 0) is 70.8 Å². The average molecular weight is 760 g/mol. The fourth-order valence-electron chi connectivity index (χ4n) is 7.91. The third-order valence-corrected chi connectivity index (χ3v) is 11.8. The van der Waals surface area contributed by atoms with E-state index in [1.165, 1.54) is 16.7 Å². The predicted molar refractivity (Wildman–Crippen MR) is 240 cm³/mol. The lowest BCUT2D eigenvalue weighted by Crippen LogP contribution is -2.00. The van der Waals surface area contributed by atoms with Crippen LogP contribution < -0.4 is 0 Å². The molecule has 0 saturated heterocycles. The molecule has 6 heteroatoms. The van der Waals surface area contributed by atoms with E-state index in [2.05, 4.69) is 168 Å². The van der Waals surface area contributed by atoms with Crippen LogP contribution in [-0.4, -0.2) is 24.5 Å². The SMILES string of the molecule is c1ccc(-c2ccc(-c3cccc(-c4nc5cc(-c6nc(-c7ccccc7)nc(-c7cccc8c7c7ccccc7n8-c7ccccc7)n6)ccc5s4)c3)cc2)cc1. The maximum Gasteiger partial charge on any atom is 0.164 e. The van der Waals surface area contributed by atoms with Crippen LogP contribution in [0.25, 0.3) is 105 Å². The molecule has 0 N–H and O–H groups in total. The van der Waals surface area contributed by atoms with Gasteiger partial charge in [0, 0.05) is 38.7 Å². The summed E-state index contributed by atoms with van der Waals surface area (Å²) >= 11 is 1.69. The first-order chi connectivity index (χ1) is 28.7. The Morgan fingerprint density at radius 3 is 1.69 bits per heavy atom. The predicted octanol–water partition coefficient (Wildman–Crippen LogP) is 13.6. The maximum absolute atomic E-state index is 5.22. The van der Waals surface area contributed by atoms with Crippen LogP contribution in [0.5, 0.6) is 0 Å².